The summed E-state index contributed by atoms with van der Waals surface area (Å²) >= 11 is 0. The van der Waals surface area contributed by atoms with Gasteiger partial charge in [-0.2, -0.15) is 0 Å². The molecule has 1 amide bonds. The van der Waals surface area contributed by atoms with Crippen LogP contribution in [0.2, 0.25) is 0 Å². The smallest absolute Gasteiger partial charge is 0.239 e. The number of carbonyl (C=O) groups excluding carboxylic acids is 1. The highest BCUT2D eigenvalue weighted by Crippen LogP contribution is 2.15. The van der Waals surface area contributed by atoms with E-state index in [4.69, 9.17) is 9.73 Å². The monoisotopic (exact) mass is 557 g/mol. The zero-order valence-electron chi connectivity index (χ0n) is 19.9. The first-order valence-electron chi connectivity index (χ1n) is 11.9. The number of likely N-dealkylation sites (tertiary alicyclic amines) is 1. The standard InChI is InChI=1S/C24H39N5O2.HI/c1-4-25-24(26-12-11-21-9-8-10-22(19-21)31-5-2)29-17-15-27(16-18-29)20(3)23(30)28-13-6-7-14-28;/h8-10,19-20H,4-7,11-18H2,1-3H3,(H,25,26);1H. The van der Waals surface area contributed by atoms with Gasteiger partial charge in [0.05, 0.1) is 12.6 Å². The lowest BCUT2D eigenvalue weighted by Gasteiger charge is -2.39. The molecule has 7 nitrogen and oxygen atoms in total. The van der Waals surface area contributed by atoms with E-state index < -0.39 is 0 Å². The Morgan fingerprint density at radius 2 is 1.81 bits per heavy atom. The Balaban J connectivity index is 0.00000363. The molecule has 32 heavy (non-hydrogen) atoms. The number of piperazine rings is 1. The summed E-state index contributed by atoms with van der Waals surface area (Å²) < 4.78 is 5.60. The van der Waals surface area contributed by atoms with E-state index >= 15 is 0 Å². The Bertz CT molecular complexity index is 731. The molecule has 1 aromatic carbocycles. The van der Waals surface area contributed by atoms with Crippen LogP contribution in [0.1, 0.15) is 39.2 Å². The molecule has 2 fully saturated rings. The van der Waals surface area contributed by atoms with Crippen molar-refractivity contribution in [2.45, 2.75) is 46.1 Å². The van der Waals surface area contributed by atoms with Crippen molar-refractivity contribution in [3.63, 3.8) is 0 Å². The maximum absolute atomic E-state index is 12.7. The van der Waals surface area contributed by atoms with Crippen molar-refractivity contribution >= 4 is 35.8 Å². The fourth-order valence-electron chi connectivity index (χ4n) is 4.35. The number of ether oxygens (including phenoxy) is 1. The summed E-state index contributed by atoms with van der Waals surface area (Å²) in [6, 6.07) is 8.23. The molecule has 180 valence electrons. The molecule has 2 aliphatic rings. The molecular weight excluding hydrogens is 517 g/mol. The van der Waals surface area contributed by atoms with E-state index in [1.54, 1.807) is 0 Å². The first-order chi connectivity index (χ1) is 15.1. The summed E-state index contributed by atoms with van der Waals surface area (Å²) in [5.74, 6) is 2.19. The van der Waals surface area contributed by atoms with E-state index in [1.165, 1.54) is 5.56 Å². The van der Waals surface area contributed by atoms with Crippen LogP contribution in [0.4, 0.5) is 0 Å². The van der Waals surface area contributed by atoms with Crippen molar-refractivity contribution in [2.75, 3.05) is 59.0 Å². The lowest BCUT2D eigenvalue weighted by Crippen LogP contribution is -2.57. The fourth-order valence-corrected chi connectivity index (χ4v) is 4.35. The van der Waals surface area contributed by atoms with Crippen molar-refractivity contribution in [1.29, 1.82) is 0 Å². The molecule has 0 saturated carbocycles. The summed E-state index contributed by atoms with van der Waals surface area (Å²) in [6.45, 7) is 13.9. The Morgan fingerprint density at radius 1 is 1.09 bits per heavy atom. The number of aliphatic imine (C=N–C) groups is 1. The third-order valence-electron chi connectivity index (χ3n) is 6.14. The molecule has 0 aliphatic carbocycles. The summed E-state index contributed by atoms with van der Waals surface area (Å²) in [5, 5.41) is 3.44. The number of nitrogens with one attached hydrogen (secondary N) is 1. The van der Waals surface area contributed by atoms with Gasteiger partial charge in [0.15, 0.2) is 5.96 Å². The van der Waals surface area contributed by atoms with Gasteiger partial charge in [0.2, 0.25) is 5.91 Å². The van der Waals surface area contributed by atoms with Gasteiger partial charge in [-0.15, -0.1) is 24.0 Å². The van der Waals surface area contributed by atoms with Crippen LogP contribution in [0.15, 0.2) is 29.3 Å². The summed E-state index contributed by atoms with van der Waals surface area (Å²) in [7, 11) is 0. The molecule has 2 saturated heterocycles. The summed E-state index contributed by atoms with van der Waals surface area (Å²) in [5.41, 5.74) is 1.24. The number of guanidine groups is 1. The minimum Gasteiger partial charge on any atom is -0.494 e. The minimum atomic E-state index is -0.0302. The van der Waals surface area contributed by atoms with Crippen molar-refractivity contribution in [2.24, 2.45) is 4.99 Å². The molecule has 1 unspecified atom stereocenters. The molecule has 0 spiro atoms. The number of rotatable bonds is 8. The Kier molecular flexibility index (Phi) is 11.6. The van der Waals surface area contributed by atoms with Crippen molar-refractivity contribution in [1.82, 2.24) is 20.0 Å². The topological polar surface area (TPSA) is 60.4 Å². The molecule has 2 heterocycles. The molecule has 0 radical (unpaired) electrons. The van der Waals surface area contributed by atoms with E-state index in [2.05, 4.69) is 41.1 Å². The molecule has 2 aliphatic heterocycles. The molecular formula is C24H40IN5O2. The van der Waals surface area contributed by atoms with Gasteiger partial charge in [-0.05, 0) is 57.7 Å². The Morgan fingerprint density at radius 3 is 2.47 bits per heavy atom. The van der Waals surface area contributed by atoms with Crippen LogP contribution < -0.4 is 10.1 Å². The van der Waals surface area contributed by atoms with Crippen LogP contribution in [-0.2, 0) is 11.2 Å². The second kappa shape index (κ2) is 13.9. The maximum atomic E-state index is 12.7. The van der Waals surface area contributed by atoms with Crippen molar-refractivity contribution in [3.8, 4) is 5.75 Å². The second-order valence-corrected chi connectivity index (χ2v) is 8.30. The number of nitrogens with zero attached hydrogens (tertiary/aromatic N) is 4. The van der Waals surface area contributed by atoms with Gasteiger partial charge in [-0.3, -0.25) is 14.7 Å². The van der Waals surface area contributed by atoms with Gasteiger partial charge in [-0.25, -0.2) is 0 Å². The van der Waals surface area contributed by atoms with Crippen molar-refractivity contribution in [3.05, 3.63) is 29.8 Å². The van der Waals surface area contributed by atoms with Crippen molar-refractivity contribution < 1.29 is 9.53 Å². The van der Waals surface area contributed by atoms with E-state index in [9.17, 15) is 4.79 Å². The largest absolute Gasteiger partial charge is 0.494 e. The molecule has 3 rings (SSSR count). The maximum Gasteiger partial charge on any atom is 0.239 e. The average molecular weight is 558 g/mol. The normalized spacial score (nSPS) is 18.3. The summed E-state index contributed by atoms with van der Waals surface area (Å²) in [4.78, 5) is 24.3. The number of halogens is 1. The van der Waals surface area contributed by atoms with Crippen LogP contribution in [-0.4, -0.2) is 91.6 Å². The zero-order chi connectivity index (χ0) is 22.1. The fraction of sp³-hybridized carbons (Fsp3) is 0.667. The van der Waals surface area contributed by atoms with Gasteiger partial charge in [0.25, 0.3) is 0 Å². The number of carbonyl (C=O) groups is 1. The molecule has 8 heteroatoms. The number of hydrogen-bond donors (Lipinski definition) is 1. The van der Waals surface area contributed by atoms with Crippen LogP contribution in [0, 0.1) is 0 Å². The van der Waals surface area contributed by atoms with Crippen LogP contribution in [0.3, 0.4) is 0 Å². The number of benzene rings is 1. The van der Waals surface area contributed by atoms with E-state index in [0.29, 0.717) is 12.5 Å². The molecule has 1 atom stereocenters. The van der Waals surface area contributed by atoms with E-state index in [0.717, 1.165) is 83.3 Å². The van der Waals surface area contributed by atoms with E-state index in [1.807, 2.05) is 24.0 Å². The highest BCUT2D eigenvalue weighted by atomic mass is 127. The van der Waals surface area contributed by atoms with Crippen LogP contribution >= 0.6 is 24.0 Å². The zero-order valence-corrected chi connectivity index (χ0v) is 22.2. The van der Waals surface area contributed by atoms with Gasteiger partial charge < -0.3 is 19.9 Å². The van der Waals surface area contributed by atoms with Crippen LogP contribution in [0.25, 0.3) is 0 Å². The van der Waals surface area contributed by atoms with Gasteiger partial charge >= 0.3 is 0 Å². The SMILES string of the molecule is CCNC(=NCCc1cccc(OCC)c1)N1CCN(C(C)C(=O)N2CCCC2)CC1.I. The average Bonchev–Trinajstić information content (AvgIpc) is 3.33. The van der Waals surface area contributed by atoms with Gasteiger partial charge in [-0.1, -0.05) is 12.1 Å². The van der Waals surface area contributed by atoms with Gasteiger partial charge in [0.1, 0.15) is 5.75 Å². The Hall–Kier alpha value is -1.55. The third kappa shape index (κ3) is 7.50. The molecule has 0 bridgehead atoms. The quantitative estimate of drug-likeness (QED) is 0.303. The highest BCUT2D eigenvalue weighted by molar-refractivity contribution is 14.0. The first kappa shape index (κ1) is 26.7. The predicted octanol–water partition coefficient (Wildman–Crippen LogP) is 2.84. The van der Waals surface area contributed by atoms with Gasteiger partial charge in [0, 0.05) is 52.4 Å². The number of hydrogen-bond acceptors (Lipinski definition) is 4. The molecule has 1 aromatic rings. The van der Waals surface area contributed by atoms with E-state index in [-0.39, 0.29) is 30.0 Å². The third-order valence-corrected chi connectivity index (χ3v) is 6.14. The minimum absolute atomic E-state index is 0. The Labute approximate surface area is 210 Å². The molecule has 1 N–H and O–H groups in total. The lowest BCUT2D eigenvalue weighted by atomic mass is 10.1. The highest BCUT2D eigenvalue weighted by Gasteiger charge is 2.30. The first-order valence-corrected chi connectivity index (χ1v) is 11.9. The van der Waals surface area contributed by atoms with Crippen LogP contribution in [0.5, 0.6) is 5.75 Å². The lowest BCUT2D eigenvalue weighted by molar-refractivity contribution is -0.135. The molecule has 0 aromatic heterocycles. The summed E-state index contributed by atoms with van der Waals surface area (Å²) in [6.07, 6.45) is 3.17. The second-order valence-electron chi connectivity index (χ2n) is 8.30. The predicted molar refractivity (Wildman–Crippen MR) is 141 cm³/mol. The number of amides is 1.